The molecule has 8 aromatic rings. The van der Waals surface area contributed by atoms with Gasteiger partial charge < -0.3 is 4.57 Å². The molecule has 0 amide bonds. The Labute approximate surface area is 211 Å². The molecule has 5 aromatic carbocycles. The Balaban J connectivity index is 1.55. The van der Waals surface area contributed by atoms with E-state index in [0.717, 1.165) is 16.6 Å². The molecule has 0 aliphatic rings. The molecule has 8 rings (SSSR count). The maximum Gasteiger partial charge on any atom is 0.0964 e. The van der Waals surface area contributed by atoms with Crippen LogP contribution in [0.15, 0.2) is 121 Å². The Kier molecular flexibility index (Phi) is 4.13. The summed E-state index contributed by atoms with van der Waals surface area (Å²) in [7, 11) is 0. The second-order valence-corrected chi connectivity index (χ2v) is 10.3. The largest absolute Gasteiger partial charge is 0.307 e. The van der Waals surface area contributed by atoms with Crippen LogP contribution in [0.4, 0.5) is 0 Å². The standard InChI is InChI=1S/C33H20N2S/c1-2-9-21(10-3-1)23-17-30-33(34-20-23)27-18-26-25-14-6-7-16-31(25)36-32(26)19-29(27)35(30)28-15-8-12-22-11-4-5-13-24(22)28/h1-20H. The molecule has 168 valence electrons. The third-order valence-corrected chi connectivity index (χ3v) is 8.35. The van der Waals surface area contributed by atoms with Gasteiger partial charge >= 0.3 is 0 Å². The molecular formula is C33H20N2S. The van der Waals surface area contributed by atoms with E-state index in [4.69, 9.17) is 4.98 Å². The van der Waals surface area contributed by atoms with E-state index < -0.39 is 0 Å². The van der Waals surface area contributed by atoms with Crippen molar-refractivity contribution < 1.29 is 0 Å². The van der Waals surface area contributed by atoms with Gasteiger partial charge in [0.25, 0.3) is 0 Å². The second kappa shape index (κ2) is 7.51. The quantitative estimate of drug-likeness (QED) is 0.243. The molecule has 0 radical (unpaired) electrons. The summed E-state index contributed by atoms with van der Waals surface area (Å²) in [6.45, 7) is 0. The lowest BCUT2D eigenvalue weighted by atomic mass is 10.1. The maximum absolute atomic E-state index is 5.07. The monoisotopic (exact) mass is 476 g/mol. The first-order valence-electron chi connectivity index (χ1n) is 12.1. The SMILES string of the molecule is c1ccc(-c2cnc3c4cc5c(cc4n(-c4cccc6ccccc46)c3c2)sc2ccccc25)cc1. The van der Waals surface area contributed by atoms with Crippen LogP contribution in [0, 0.1) is 0 Å². The predicted molar refractivity (Wildman–Crippen MR) is 154 cm³/mol. The molecule has 0 N–H and O–H groups in total. The highest BCUT2D eigenvalue weighted by Gasteiger charge is 2.18. The molecule has 0 bridgehead atoms. The van der Waals surface area contributed by atoms with Crippen molar-refractivity contribution in [3.63, 3.8) is 0 Å². The average Bonchev–Trinajstić information content (AvgIpc) is 3.46. The van der Waals surface area contributed by atoms with E-state index in [9.17, 15) is 0 Å². The fourth-order valence-corrected chi connectivity index (χ4v) is 6.67. The topological polar surface area (TPSA) is 17.8 Å². The van der Waals surface area contributed by atoms with E-state index in [-0.39, 0.29) is 0 Å². The highest BCUT2D eigenvalue weighted by atomic mass is 32.1. The molecule has 0 saturated carbocycles. The Hall–Kier alpha value is -4.47. The molecule has 0 fully saturated rings. The molecule has 0 atom stereocenters. The molecular weight excluding hydrogens is 456 g/mol. The highest BCUT2D eigenvalue weighted by molar-refractivity contribution is 7.25. The summed E-state index contributed by atoms with van der Waals surface area (Å²) in [4.78, 5) is 5.07. The number of rotatable bonds is 2. The first-order valence-corrected chi connectivity index (χ1v) is 13.0. The van der Waals surface area contributed by atoms with Crippen molar-refractivity contribution in [1.29, 1.82) is 0 Å². The van der Waals surface area contributed by atoms with Crippen molar-refractivity contribution in [3.05, 3.63) is 121 Å². The molecule has 3 heteroatoms. The number of hydrogen-bond acceptors (Lipinski definition) is 2. The Morgan fingerprint density at radius 3 is 2.22 bits per heavy atom. The van der Waals surface area contributed by atoms with Crippen molar-refractivity contribution in [3.8, 4) is 16.8 Å². The van der Waals surface area contributed by atoms with Crippen LogP contribution >= 0.6 is 11.3 Å². The van der Waals surface area contributed by atoms with Crippen LogP contribution in [0.5, 0.6) is 0 Å². The van der Waals surface area contributed by atoms with Crippen molar-refractivity contribution in [2.45, 2.75) is 0 Å². The number of fused-ring (bicyclic) bond motifs is 7. The molecule has 3 heterocycles. The van der Waals surface area contributed by atoms with Crippen LogP contribution in [0.25, 0.3) is 69.7 Å². The fraction of sp³-hybridized carbons (Fsp3) is 0. The van der Waals surface area contributed by atoms with E-state index >= 15 is 0 Å². The minimum absolute atomic E-state index is 1.04. The van der Waals surface area contributed by atoms with Crippen molar-refractivity contribution in [2.24, 2.45) is 0 Å². The smallest absolute Gasteiger partial charge is 0.0964 e. The average molecular weight is 477 g/mol. The first-order chi connectivity index (χ1) is 17.8. The lowest BCUT2D eigenvalue weighted by Crippen LogP contribution is -1.95. The number of benzene rings is 5. The minimum Gasteiger partial charge on any atom is -0.307 e. The van der Waals surface area contributed by atoms with Gasteiger partial charge in [0, 0.05) is 42.7 Å². The summed E-state index contributed by atoms with van der Waals surface area (Å²) in [6.07, 6.45) is 2.01. The van der Waals surface area contributed by atoms with Gasteiger partial charge in [-0.2, -0.15) is 0 Å². The molecule has 0 unspecified atom stereocenters. The van der Waals surface area contributed by atoms with Gasteiger partial charge in [-0.3, -0.25) is 4.98 Å². The second-order valence-electron chi connectivity index (χ2n) is 9.26. The van der Waals surface area contributed by atoms with E-state index in [0.29, 0.717) is 0 Å². The number of pyridine rings is 1. The van der Waals surface area contributed by atoms with Crippen molar-refractivity contribution >= 4 is 64.2 Å². The first kappa shape index (κ1) is 19.8. The van der Waals surface area contributed by atoms with Crippen LogP contribution in [0.1, 0.15) is 0 Å². The number of hydrogen-bond donors (Lipinski definition) is 0. The van der Waals surface area contributed by atoms with Crippen molar-refractivity contribution in [2.75, 3.05) is 0 Å². The summed E-state index contributed by atoms with van der Waals surface area (Å²) >= 11 is 1.86. The molecule has 3 aromatic heterocycles. The molecule has 0 saturated heterocycles. The Bertz CT molecular complexity index is 2090. The number of aromatic nitrogens is 2. The normalized spacial score (nSPS) is 11.9. The van der Waals surface area contributed by atoms with E-state index in [1.54, 1.807) is 0 Å². The third kappa shape index (κ3) is 2.81. The van der Waals surface area contributed by atoms with Gasteiger partial charge in [0.15, 0.2) is 0 Å². The fourth-order valence-electron chi connectivity index (χ4n) is 5.55. The summed E-state index contributed by atoms with van der Waals surface area (Å²) in [5.74, 6) is 0. The van der Waals surface area contributed by atoms with Crippen LogP contribution in [0.2, 0.25) is 0 Å². The van der Waals surface area contributed by atoms with E-state index in [1.165, 1.54) is 53.1 Å². The summed E-state index contributed by atoms with van der Waals surface area (Å²) in [5.41, 5.74) is 6.84. The summed E-state index contributed by atoms with van der Waals surface area (Å²) in [6, 6.07) is 41.4. The lowest BCUT2D eigenvalue weighted by molar-refractivity contribution is 1.19. The molecule has 0 spiro atoms. The van der Waals surface area contributed by atoms with Crippen LogP contribution in [-0.2, 0) is 0 Å². The summed E-state index contributed by atoms with van der Waals surface area (Å²) in [5, 5.41) is 6.27. The van der Waals surface area contributed by atoms with Gasteiger partial charge in [0.2, 0.25) is 0 Å². The van der Waals surface area contributed by atoms with Gasteiger partial charge in [-0.25, -0.2) is 0 Å². The molecule has 36 heavy (non-hydrogen) atoms. The van der Waals surface area contributed by atoms with Crippen LogP contribution in [-0.4, -0.2) is 9.55 Å². The predicted octanol–water partition coefficient (Wildman–Crippen LogP) is 9.37. The van der Waals surface area contributed by atoms with Crippen LogP contribution < -0.4 is 0 Å². The van der Waals surface area contributed by atoms with Crippen molar-refractivity contribution in [1.82, 2.24) is 9.55 Å². The van der Waals surface area contributed by atoms with Gasteiger partial charge in [0.05, 0.1) is 22.2 Å². The zero-order valence-corrected chi connectivity index (χ0v) is 20.2. The molecule has 0 aliphatic heterocycles. The molecule has 0 aliphatic carbocycles. The maximum atomic E-state index is 5.07. The minimum atomic E-state index is 1.04. The van der Waals surface area contributed by atoms with Gasteiger partial charge in [-0.05, 0) is 41.3 Å². The van der Waals surface area contributed by atoms with Gasteiger partial charge in [-0.15, -0.1) is 11.3 Å². The Morgan fingerprint density at radius 1 is 0.528 bits per heavy atom. The van der Waals surface area contributed by atoms with Crippen LogP contribution in [0.3, 0.4) is 0 Å². The zero-order valence-electron chi connectivity index (χ0n) is 19.3. The third-order valence-electron chi connectivity index (χ3n) is 7.21. The lowest BCUT2D eigenvalue weighted by Gasteiger charge is -2.12. The van der Waals surface area contributed by atoms with Gasteiger partial charge in [-0.1, -0.05) is 84.9 Å². The van der Waals surface area contributed by atoms with E-state index in [1.807, 2.05) is 17.5 Å². The summed E-state index contributed by atoms with van der Waals surface area (Å²) < 4.78 is 5.03. The molecule has 2 nitrogen and oxygen atoms in total. The van der Waals surface area contributed by atoms with E-state index in [2.05, 4.69) is 120 Å². The van der Waals surface area contributed by atoms with Gasteiger partial charge in [0.1, 0.15) is 0 Å². The zero-order chi connectivity index (χ0) is 23.6. The Morgan fingerprint density at radius 2 is 1.31 bits per heavy atom. The number of nitrogens with zero attached hydrogens (tertiary/aromatic N) is 2. The highest BCUT2D eigenvalue weighted by Crippen LogP contribution is 2.41. The number of thiophene rings is 1.